The van der Waals surface area contributed by atoms with Crippen LogP contribution in [0, 0.1) is 11.7 Å². The van der Waals surface area contributed by atoms with Crippen LogP contribution in [0.5, 0.6) is 0 Å². The lowest BCUT2D eigenvalue weighted by atomic mass is 10.2. The summed E-state index contributed by atoms with van der Waals surface area (Å²) in [5, 5.41) is 1.77. The summed E-state index contributed by atoms with van der Waals surface area (Å²) in [7, 11) is -3.53. The molecule has 0 aromatic heterocycles. The van der Waals surface area contributed by atoms with Crippen LogP contribution < -0.4 is 11.1 Å². The molecule has 1 amide bonds. The van der Waals surface area contributed by atoms with Gasteiger partial charge in [-0.3, -0.25) is 4.79 Å². The van der Waals surface area contributed by atoms with Crippen molar-refractivity contribution in [1.29, 1.82) is 0 Å². The third kappa shape index (κ3) is 4.19. The molecule has 1 atom stereocenters. The Hall–Kier alpha value is -1.63. The minimum absolute atomic E-state index is 0.0488. The number of nitrogen functional groups attached to an aromatic ring is 1. The van der Waals surface area contributed by atoms with E-state index in [1.807, 2.05) is 0 Å². The molecule has 0 saturated heterocycles. The summed E-state index contributed by atoms with van der Waals surface area (Å²) in [6, 6.07) is 3.49. The van der Waals surface area contributed by atoms with E-state index >= 15 is 0 Å². The second-order valence-electron chi connectivity index (χ2n) is 5.04. The van der Waals surface area contributed by atoms with Crippen LogP contribution in [-0.4, -0.2) is 25.3 Å². The summed E-state index contributed by atoms with van der Waals surface area (Å²) in [6.07, 6.45) is 0. The second kappa shape index (κ2) is 6.21. The summed E-state index contributed by atoms with van der Waals surface area (Å²) in [6.45, 7) is 5.12. The van der Waals surface area contributed by atoms with Gasteiger partial charge in [-0.15, -0.1) is 0 Å². The number of carbonyl (C=O) groups is 1. The highest BCUT2D eigenvalue weighted by Crippen LogP contribution is 2.19. The van der Waals surface area contributed by atoms with Gasteiger partial charge in [-0.2, -0.15) is 0 Å². The van der Waals surface area contributed by atoms with Crippen LogP contribution in [-0.2, 0) is 14.6 Å². The molecule has 5 nitrogen and oxygen atoms in total. The quantitative estimate of drug-likeness (QED) is 0.812. The highest BCUT2D eigenvalue weighted by Gasteiger charge is 2.26. The summed E-state index contributed by atoms with van der Waals surface area (Å²) < 4.78 is 36.8. The van der Waals surface area contributed by atoms with Gasteiger partial charge in [0.1, 0.15) is 11.6 Å². The van der Waals surface area contributed by atoms with Crippen LogP contribution in [0.25, 0.3) is 0 Å². The van der Waals surface area contributed by atoms with Gasteiger partial charge in [0.15, 0.2) is 9.84 Å². The number of sulfone groups is 1. The molecule has 1 unspecified atom stereocenters. The molecule has 1 aromatic rings. The van der Waals surface area contributed by atoms with E-state index in [2.05, 4.69) is 5.32 Å². The maximum atomic E-state index is 12.9. The fourth-order valence-corrected chi connectivity index (χ4v) is 3.09. The van der Waals surface area contributed by atoms with Crippen LogP contribution in [0.3, 0.4) is 0 Å². The minimum Gasteiger partial charge on any atom is -0.397 e. The average Bonchev–Trinajstić information content (AvgIpc) is 2.31. The van der Waals surface area contributed by atoms with Crippen molar-refractivity contribution in [3.63, 3.8) is 0 Å². The van der Waals surface area contributed by atoms with Crippen LogP contribution in [0.15, 0.2) is 18.2 Å². The Morgan fingerprint density at radius 3 is 2.45 bits per heavy atom. The van der Waals surface area contributed by atoms with Gasteiger partial charge in [-0.05, 0) is 31.0 Å². The van der Waals surface area contributed by atoms with Crippen LogP contribution in [0.1, 0.15) is 20.8 Å². The van der Waals surface area contributed by atoms with Crippen molar-refractivity contribution < 1.29 is 17.6 Å². The van der Waals surface area contributed by atoms with E-state index in [0.717, 1.165) is 12.1 Å². The lowest BCUT2D eigenvalue weighted by Gasteiger charge is -2.16. The maximum absolute atomic E-state index is 12.9. The summed E-state index contributed by atoms with van der Waals surface area (Å²) in [5.41, 5.74) is 5.78. The zero-order valence-corrected chi connectivity index (χ0v) is 12.5. The third-order valence-electron chi connectivity index (χ3n) is 3.13. The number of hydrogen-bond donors (Lipinski definition) is 2. The SMILES string of the molecule is CC(C)C(C)S(=O)(=O)CC(=O)Nc1ccc(F)cc1N. The molecule has 112 valence electrons. The topological polar surface area (TPSA) is 89.3 Å². The first-order chi connectivity index (χ1) is 9.13. The number of halogens is 1. The standard InChI is InChI=1S/C13H19FN2O3S/c1-8(2)9(3)20(18,19)7-13(17)16-12-5-4-10(14)6-11(12)15/h4-6,8-9H,7,15H2,1-3H3,(H,16,17). The van der Waals surface area contributed by atoms with E-state index in [-0.39, 0.29) is 17.3 Å². The fourth-order valence-electron chi connectivity index (χ4n) is 1.56. The molecule has 0 radical (unpaired) electrons. The van der Waals surface area contributed by atoms with Crippen molar-refractivity contribution in [2.45, 2.75) is 26.0 Å². The molecule has 0 heterocycles. The van der Waals surface area contributed by atoms with Crippen LogP contribution >= 0.6 is 0 Å². The lowest BCUT2D eigenvalue weighted by Crippen LogP contribution is -2.32. The molecule has 0 aliphatic rings. The first kappa shape index (κ1) is 16.4. The first-order valence-corrected chi connectivity index (χ1v) is 7.91. The summed E-state index contributed by atoms with van der Waals surface area (Å²) in [4.78, 5) is 11.8. The molecule has 3 N–H and O–H groups in total. The van der Waals surface area contributed by atoms with Gasteiger partial charge in [0.25, 0.3) is 0 Å². The number of benzene rings is 1. The van der Waals surface area contributed by atoms with E-state index < -0.39 is 32.6 Å². The molecule has 0 aliphatic heterocycles. The zero-order chi connectivity index (χ0) is 15.5. The molecule has 0 fully saturated rings. The van der Waals surface area contributed by atoms with Gasteiger partial charge in [-0.1, -0.05) is 13.8 Å². The van der Waals surface area contributed by atoms with Gasteiger partial charge in [0, 0.05) is 0 Å². The number of rotatable bonds is 5. The second-order valence-corrected chi connectivity index (χ2v) is 7.39. The lowest BCUT2D eigenvalue weighted by molar-refractivity contribution is -0.113. The van der Waals surface area contributed by atoms with E-state index in [1.54, 1.807) is 20.8 Å². The first-order valence-electron chi connectivity index (χ1n) is 6.20. The fraction of sp³-hybridized carbons (Fsp3) is 0.462. The number of amides is 1. The predicted octanol–water partition coefficient (Wildman–Crippen LogP) is 1.81. The van der Waals surface area contributed by atoms with Gasteiger partial charge < -0.3 is 11.1 Å². The van der Waals surface area contributed by atoms with E-state index in [0.29, 0.717) is 0 Å². The Balaban J connectivity index is 2.78. The summed E-state index contributed by atoms with van der Waals surface area (Å²) >= 11 is 0. The summed E-state index contributed by atoms with van der Waals surface area (Å²) in [5.74, 6) is -1.91. The van der Waals surface area contributed by atoms with E-state index in [4.69, 9.17) is 5.73 Å². The minimum atomic E-state index is -3.53. The van der Waals surface area contributed by atoms with Crippen molar-refractivity contribution in [1.82, 2.24) is 0 Å². The highest BCUT2D eigenvalue weighted by atomic mass is 32.2. The van der Waals surface area contributed by atoms with Gasteiger partial charge in [0.2, 0.25) is 5.91 Å². The third-order valence-corrected chi connectivity index (χ3v) is 5.47. The Morgan fingerprint density at radius 2 is 1.95 bits per heavy atom. The van der Waals surface area contributed by atoms with Gasteiger partial charge >= 0.3 is 0 Å². The molecule has 0 saturated carbocycles. The Bertz CT molecular complexity index is 600. The Labute approximate surface area is 118 Å². The molecule has 0 spiro atoms. The Morgan fingerprint density at radius 1 is 1.35 bits per heavy atom. The number of hydrogen-bond acceptors (Lipinski definition) is 4. The molecule has 1 aromatic carbocycles. The van der Waals surface area contributed by atoms with Crippen molar-refractivity contribution in [2.75, 3.05) is 16.8 Å². The van der Waals surface area contributed by atoms with Crippen molar-refractivity contribution in [3.05, 3.63) is 24.0 Å². The van der Waals surface area contributed by atoms with Crippen molar-refractivity contribution in [3.8, 4) is 0 Å². The normalized spacial score (nSPS) is 13.2. The predicted molar refractivity (Wildman–Crippen MR) is 77.5 cm³/mol. The van der Waals surface area contributed by atoms with Crippen molar-refractivity contribution in [2.24, 2.45) is 5.92 Å². The number of anilines is 2. The van der Waals surface area contributed by atoms with Crippen LogP contribution in [0.2, 0.25) is 0 Å². The van der Waals surface area contributed by atoms with Crippen LogP contribution in [0.4, 0.5) is 15.8 Å². The molecular formula is C13H19FN2O3S. The highest BCUT2D eigenvalue weighted by molar-refractivity contribution is 7.92. The van der Waals surface area contributed by atoms with Crippen molar-refractivity contribution >= 4 is 27.1 Å². The molecule has 0 bridgehead atoms. The van der Waals surface area contributed by atoms with Gasteiger partial charge in [-0.25, -0.2) is 12.8 Å². The molecule has 1 rings (SSSR count). The van der Waals surface area contributed by atoms with E-state index in [9.17, 15) is 17.6 Å². The number of carbonyl (C=O) groups excluding carboxylic acids is 1. The van der Waals surface area contributed by atoms with Gasteiger partial charge in [0.05, 0.1) is 16.6 Å². The molecule has 0 aliphatic carbocycles. The Kier molecular flexibility index (Phi) is 5.10. The maximum Gasteiger partial charge on any atom is 0.239 e. The monoisotopic (exact) mass is 302 g/mol. The zero-order valence-electron chi connectivity index (χ0n) is 11.7. The van der Waals surface area contributed by atoms with E-state index in [1.165, 1.54) is 6.07 Å². The number of nitrogens with one attached hydrogen (secondary N) is 1. The molecule has 7 heteroatoms. The number of nitrogens with two attached hydrogens (primary N) is 1. The average molecular weight is 302 g/mol. The largest absolute Gasteiger partial charge is 0.397 e. The smallest absolute Gasteiger partial charge is 0.239 e. The molecule has 20 heavy (non-hydrogen) atoms. The molecular weight excluding hydrogens is 283 g/mol.